The van der Waals surface area contributed by atoms with Crippen molar-refractivity contribution in [1.82, 2.24) is 15.5 Å². The SMILES string of the molecule is CCCc1nnc(N2CC[C@@H](NC(=O)c3ccccc3)[C@H](O)C2)s1. The Balaban J connectivity index is 1.57. The average molecular weight is 346 g/mol. The molecule has 0 spiro atoms. The van der Waals surface area contributed by atoms with Crippen LogP contribution < -0.4 is 10.2 Å². The van der Waals surface area contributed by atoms with Crippen molar-refractivity contribution in [1.29, 1.82) is 0 Å². The molecule has 3 rings (SSSR count). The van der Waals surface area contributed by atoms with Gasteiger partial charge in [0.2, 0.25) is 5.13 Å². The first-order valence-electron chi connectivity index (χ1n) is 8.28. The van der Waals surface area contributed by atoms with E-state index in [1.807, 2.05) is 23.1 Å². The first-order chi connectivity index (χ1) is 11.7. The van der Waals surface area contributed by atoms with E-state index < -0.39 is 6.10 Å². The summed E-state index contributed by atoms with van der Waals surface area (Å²) in [5.41, 5.74) is 0.612. The lowest BCUT2D eigenvalue weighted by Crippen LogP contribution is -2.54. The number of nitrogens with one attached hydrogen (secondary N) is 1. The fourth-order valence-electron chi connectivity index (χ4n) is 2.80. The number of β-amino-alcohol motifs (C(OH)–C–C–N with tert-alkyl or cyclic N) is 1. The lowest BCUT2D eigenvalue weighted by Gasteiger charge is -2.35. The smallest absolute Gasteiger partial charge is 0.251 e. The van der Waals surface area contributed by atoms with Gasteiger partial charge in [-0.2, -0.15) is 0 Å². The summed E-state index contributed by atoms with van der Waals surface area (Å²) in [6, 6.07) is 8.84. The Hall–Kier alpha value is -1.99. The third kappa shape index (κ3) is 3.91. The second kappa shape index (κ2) is 7.72. The topological polar surface area (TPSA) is 78.4 Å². The minimum Gasteiger partial charge on any atom is -0.389 e. The summed E-state index contributed by atoms with van der Waals surface area (Å²) < 4.78 is 0. The summed E-state index contributed by atoms with van der Waals surface area (Å²) in [5.74, 6) is -0.144. The van der Waals surface area contributed by atoms with Gasteiger partial charge in [-0.15, -0.1) is 10.2 Å². The van der Waals surface area contributed by atoms with E-state index in [9.17, 15) is 9.90 Å². The van der Waals surface area contributed by atoms with Crippen molar-refractivity contribution in [2.24, 2.45) is 0 Å². The van der Waals surface area contributed by atoms with Crippen molar-refractivity contribution in [3.63, 3.8) is 0 Å². The zero-order valence-corrected chi connectivity index (χ0v) is 14.5. The molecule has 0 unspecified atom stereocenters. The fraction of sp³-hybridized carbons (Fsp3) is 0.471. The number of carbonyl (C=O) groups excluding carboxylic acids is 1. The van der Waals surface area contributed by atoms with E-state index in [1.54, 1.807) is 23.5 Å². The summed E-state index contributed by atoms with van der Waals surface area (Å²) in [6.45, 7) is 3.32. The molecule has 0 radical (unpaired) electrons. The monoisotopic (exact) mass is 346 g/mol. The predicted molar refractivity (Wildman–Crippen MR) is 94.4 cm³/mol. The number of aliphatic hydroxyl groups is 1. The Morgan fingerprint density at radius 3 is 2.88 bits per heavy atom. The summed E-state index contributed by atoms with van der Waals surface area (Å²) in [4.78, 5) is 14.3. The highest BCUT2D eigenvalue weighted by Crippen LogP contribution is 2.25. The van der Waals surface area contributed by atoms with Crippen molar-refractivity contribution in [2.75, 3.05) is 18.0 Å². The van der Waals surface area contributed by atoms with Gasteiger partial charge in [-0.25, -0.2) is 0 Å². The minimum absolute atomic E-state index is 0.144. The van der Waals surface area contributed by atoms with E-state index in [-0.39, 0.29) is 11.9 Å². The largest absolute Gasteiger partial charge is 0.389 e. The number of benzene rings is 1. The number of aryl methyl sites for hydroxylation is 1. The highest BCUT2D eigenvalue weighted by atomic mass is 32.1. The van der Waals surface area contributed by atoms with Crippen molar-refractivity contribution in [2.45, 2.75) is 38.3 Å². The van der Waals surface area contributed by atoms with E-state index in [0.717, 1.165) is 29.5 Å². The maximum atomic E-state index is 12.2. The van der Waals surface area contributed by atoms with Gasteiger partial charge in [0, 0.05) is 25.1 Å². The van der Waals surface area contributed by atoms with Gasteiger partial charge in [-0.1, -0.05) is 36.5 Å². The molecule has 1 fully saturated rings. The molecule has 0 aliphatic carbocycles. The highest BCUT2D eigenvalue weighted by molar-refractivity contribution is 7.15. The maximum absolute atomic E-state index is 12.2. The molecule has 6 nitrogen and oxygen atoms in total. The number of aromatic nitrogens is 2. The lowest BCUT2D eigenvalue weighted by molar-refractivity contribution is 0.0798. The summed E-state index contributed by atoms with van der Waals surface area (Å²) in [7, 11) is 0. The summed E-state index contributed by atoms with van der Waals surface area (Å²) in [6.07, 6.45) is 2.04. The molecule has 0 bridgehead atoms. The molecule has 1 aromatic heterocycles. The number of anilines is 1. The van der Waals surface area contributed by atoms with Gasteiger partial charge in [0.15, 0.2) is 0 Å². The molecule has 128 valence electrons. The summed E-state index contributed by atoms with van der Waals surface area (Å²) in [5, 5.41) is 23.6. The van der Waals surface area contributed by atoms with Crippen LogP contribution in [-0.2, 0) is 6.42 Å². The number of amides is 1. The molecular weight excluding hydrogens is 324 g/mol. The molecule has 7 heteroatoms. The van der Waals surface area contributed by atoms with Crippen molar-refractivity contribution in [3.05, 3.63) is 40.9 Å². The third-order valence-corrected chi connectivity index (χ3v) is 5.17. The molecule has 1 amide bonds. The molecule has 1 aliphatic heterocycles. The van der Waals surface area contributed by atoms with Crippen LogP contribution in [0.25, 0.3) is 0 Å². The highest BCUT2D eigenvalue weighted by Gasteiger charge is 2.30. The van der Waals surface area contributed by atoms with E-state index >= 15 is 0 Å². The van der Waals surface area contributed by atoms with Crippen LogP contribution in [0, 0.1) is 0 Å². The Bertz CT molecular complexity index is 676. The molecule has 1 aliphatic rings. The number of hydrogen-bond donors (Lipinski definition) is 2. The van der Waals surface area contributed by atoms with Gasteiger partial charge in [0.1, 0.15) is 5.01 Å². The van der Waals surface area contributed by atoms with Gasteiger partial charge in [-0.3, -0.25) is 4.79 Å². The van der Waals surface area contributed by atoms with Crippen LogP contribution in [0.4, 0.5) is 5.13 Å². The Kier molecular flexibility index (Phi) is 5.42. The second-order valence-electron chi connectivity index (χ2n) is 5.98. The van der Waals surface area contributed by atoms with Gasteiger partial charge >= 0.3 is 0 Å². The molecular formula is C17H22N4O2S. The van der Waals surface area contributed by atoms with E-state index in [2.05, 4.69) is 22.4 Å². The fourth-order valence-corrected chi connectivity index (χ4v) is 3.78. The zero-order valence-electron chi connectivity index (χ0n) is 13.7. The molecule has 2 aromatic rings. The maximum Gasteiger partial charge on any atom is 0.251 e. The number of nitrogens with zero attached hydrogens (tertiary/aromatic N) is 3. The Labute approximate surface area is 145 Å². The molecule has 2 N–H and O–H groups in total. The average Bonchev–Trinajstić information content (AvgIpc) is 3.06. The van der Waals surface area contributed by atoms with Gasteiger partial charge in [0.25, 0.3) is 5.91 Å². The number of carbonyl (C=O) groups is 1. The molecule has 2 atom stereocenters. The Morgan fingerprint density at radius 2 is 2.17 bits per heavy atom. The Morgan fingerprint density at radius 1 is 1.38 bits per heavy atom. The van der Waals surface area contributed by atoms with Crippen molar-refractivity contribution >= 4 is 22.4 Å². The van der Waals surface area contributed by atoms with E-state index in [1.165, 1.54) is 0 Å². The minimum atomic E-state index is -0.620. The second-order valence-corrected chi connectivity index (χ2v) is 7.02. The quantitative estimate of drug-likeness (QED) is 0.864. The number of aliphatic hydroxyl groups excluding tert-OH is 1. The predicted octanol–water partition coefficient (Wildman–Crippen LogP) is 1.86. The van der Waals surface area contributed by atoms with Crippen molar-refractivity contribution in [3.8, 4) is 0 Å². The molecule has 24 heavy (non-hydrogen) atoms. The number of hydrogen-bond acceptors (Lipinski definition) is 6. The molecule has 1 saturated heterocycles. The van der Waals surface area contributed by atoms with Crippen molar-refractivity contribution < 1.29 is 9.90 Å². The molecule has 1 aromatic carbocycles. The van der Waals surface area contributed by atoms with Crippen LogP contribution in [0.15, 0.2) is 30.3 Å². The third-order valence-electron chi connectivity index (χ3n) is 4.12. The van der Waals surface area contributed by atoms with E-state index in [4.69, 9.17) is 0 Å². The number of rotatable bonds is 5. The normalized spacial score (nSPS) is 20.8. The zero-order chi connectivity index (χ0) is 16.9. The molecule has 2 heterocycles. The van der Waals surface area contributed by atoms with Crippen LogP contribution in [0.1, 0.15) is 35.1 Å². The lowest BCUT2D eigenvalue weighted by atomic mass is 10.0. The van der Waals surface area contributed by atoms with Crippen LogP contribution in [0.2, 0.25) is 0 Å². The number of piperidine rings is 1. The van der Waals surface area contributed by atoms with Crippen LogP contribution in [-0.4, -0.2) is 46.4 Å². The van der Waals surface area contributed by atoms with Crippen LogP contribution in [0.5, 0.6) is 0 Å². The summed E-state index contributed by atoms with van der Waals surface area (Å²) >= 11 is 1.58. The van der Waals surface area contributed by atoms with E-state index in [0.29, 0.717) is 18.5 Å². The van der Waals surface area contributed by atoms with Crippen LogP contribution in [0.3, 0.4) is 0 Å². The first kappa shape index (κ1) is 16.9. The first-order valence-corrected chi connectivity index (χ1v) is 9.10. The standard InChI is InChI=1S/C17H22N4O2S/c1-2-6-15-19-20-17(24-15)21-10-9-13(14(22)11-21)18-16(23)12-7-4-3-5-8-12/h3-5,7-8,13-14,22H,2,6,9-11H2,1H3,(H,18,23)/t13-,14-/m1/s1. The molecule has 0 saturated carbocycles. The van der Waals surface area contributed by atoms with Crippen LogP contribution >= 0.6 is 11.3 Å². The van der Waals surface area contributed by atoms with Gasteiger partial charge in [0.05, 0.1) is 12.1 Å². The van der Waals surface area contributed by atoms with Gasteiger partial charge < -0.3 is 15.3 Å². The van der Waals surface area contributed by atoms with Gasteiger partial charge in [-0.05, 0) is 25.0 Å².